The average molecular weight is 432 g/mol. The third-order valence-corrected chi connectivity index (χ3v) is 7.09. The molecule has 2 aromatic carbocycles. The number of benzene rings is 2. The summed E-state index contributed by atoms with van der Waals surface area (Å²) in [6.07, 6.45) is 0. The highest BCUT2D eigenvalue weighted by Crippen LogP contribution is 2.30. The van der Waals surface area contributed by atoms with Crippen molar-refractivity contribution in [3.05, 3.63) is 52.6 Å². The van der Waals surface area contributed by atoms with Gasteiger partial charge in [-0.1, -0.05) is 17.8 Å². The lowest BCUT2D eigenvalue weighted by molar-refractivity contribution is 0.0993. The highest BCUT2D eigenvalue weighted by Gasteiger charge is 2.22. The van der Waals surface area contributed by atoms with Gasteiger partial charge in [0.15, 0.2) is 10.9 Å². The van der Waals surface area contributed by atoms with Crippen molar-refractivity contribution in [1.82, 2.24) is 9.55 Å². The van der Waals surface area contributed by atoms with Gasteiger partial charge in [0.2, 0.25) is 10.0 Å². The summed E-state index contributed by atoms with van der Waals surface area (Å²) in [5.74, 6) is 0.0514. The second kappa shape index (κ2) is 7.93. The van der Waals surface area contributed by atoms with Crippen LogP contribution in [-0.4, -0.2) is 29.0 Å². The summed E-state index contributed by atoms with van der Waals surface area (Å²) in [4.78, 5) is 17.7. The number of thioether (sulfide) groups is 1. The Kier molecular flexibility index (Phi) is 5.89. The van der Waals surface area contributed by atoms with E-state index in [1.807, 2.05) is 51.3 Å². The molecule has 0 bridgehead atoms. The van der Waals surface area contributed by atoms with Crippen molar-refractivity contribution in [2.45, 2.75) is 56.5 Å². The zero-order valence-corrected chi connectivity index (χ0v) is 18.8. The monoisotopic (exact) mass is 431 g/mol. The fourth-order valence-corrected chi connectivity index (χ4v) is 4.91. The predicted molar refractivity (Wildman–Crippen MR) is 117 cm³/mol. The first-order valence-corrected chi connectivity index (χ1v) is 11.8. The molecule has 1 atom stereocenters. The number of hydrogen-bond donors (Lipinski definition) is 1. The molecule has 0 amide bonds. The molecule has 29 heavy (non-hydrogen) atoms. The van der Waals surface area contributed by atoms with E-state index in [0.717, 1.165) is 27.8 Å². The molecule has 0 radical (unpaired) electrons. The van der Waals surface area contributed by atoms with Crippen molar-refractivity contribution in [3.63, 3.8) is 0 Å². The Morgan fingerprint density at radius 1 is 1.14 bits per heavy atom. The van der Waals surface area contributed by atoms with E-state index < -0.39 is 10.0 Å². The summed E-state index contributed by atoms with van der Waals surface area (Å²) in [7, 11) is -3.80. The molecule has 1 aromatic heterocycles. The van der Waals surface area contributed by atoms with Gasteiger partial charge >= 0.3 is 0 Å². The SMILES string of the molecule is CCn1c(SC(C)C(=O)c2cc(C)c(C)cc2C)nc2cc(S(N)(=O)=O)ccc21. The maximum atomic E-state index is 13.1. The normalized spacial score (nSPS) is 13.0. The van der Waals surface area contributed by atoms with Gasteiger partial charge in [-0.3, -0.25) is 4.79 Å². The highest BCUT2D eigenvalue weighted by atomic mass is 32.2. The van der Waals surface area contributed by atoms with Gasteiger partial charge in [0.05, 0.1) is 21.2 Å². The van der Waals surface area contributed by atoms with E-state index in [0.29, 0.717) is 17.2 Å². The Balaban J connectivity index is 1.96. The van der Waals surface area contributed by atoms with Crippen LogP contribution >= 0.6 is 11.8 Å². The number of hydrogen-bond acceptors (Lipinski definition) is 5. The number of ketones is 1. The van der Waals surface area contributed by atoms with Gasteiger partial charge in [-0.05, 0) is 75.6 Å². The third kappa shape index (κ3) is 4.24. The van der Waals surface area contributed by atoms with Crippen LogP contribution in [0.25, 0.3) is 11.0 Å². The lowest BCUT2D eigenvalue weighted by atomic mass is 9.97. The van der Waals surface area contributed by atoms with Crippen LogP contribution in [0.3, 0.4) is 0 Å². The van der Waals surface area contributed by atoms with Crippen molar-refractivity contribution in [2.24, 2.45) is 5.14 Å². The van der Waals surface area contributed by atoms with Crippen LogP contribution < -0.4 is 5.14 Å². The van der Waals surface area contributed by atoms with Crippen LogP contribution in [0.4, 0.5) is 0 Å². The van der Waals surface area contributed by atoms with E-state index in [-0.39, 0.29) is 15.9 Å². The minimum atomic E-state index is -3.80. The molecule has 2 N–H and O–H groups in total. The number of aromatic nitrogens is 2. The second-order valence-electron chi connectivity index (χ2n) is 7.21. The number of carbonyl (C=O) groups is 1. The summed E-state index contributed by atoms with van der Waals surface area (Å²) >= 11 is 1.38. The van der Waals surface area contributed by atoms with Crippen molar-refractivity contribution in [1.29, 1.82) is 0 Å². The number of sulfonamides is 1. The van der Waals surface area contributed by atoms with Crippen LogP contribution in [0.15, 0.2) is 40.4 Å². The highest BCUT2D eigenvalue weighted by molar-refractivity contribution is 8.00. The number of Topliss-reactive ketones (excluding diaryl/α,β-unsaturated/α-hetero) is 1. The van der Waals surface area contributed by atoms with Gasteiger partial charge in [-0.2, -0.15) is 0 Å². The molecule has 1 heterocycles. The molecule has 6 nitrogen and oxygen atoms in total. The summed E-state index contributed by atoms with van der Waals surface area (Å²) in [5.41, 5.74) is 5.30. The Labute approximate surface area is 175 Å². The Hall–Kier alpha value is -2.16. The predicted octanol–water partition coefficient (Wildman–Crippen LogP) is 3.99. The number of nitrogens with zero attached hydrogens (tertiary/aromatic N) is 2. The van der Waals surface area contributed by atoms with Crippen LogP contribution in [-0.2, 0) is 16.6 Å². The minimum Gasteiger partial charge on any atom is -0.319 e. The molecule has 3 aromatic rings. The lowest BCUT2D eigenvalue weighted by Crippen LogP contribution is -2.16. The molecule has 0 saturated carbocycles. The molecule has 8 heteroatoms. The Bertz CT molecular complexity index is 1210. The fourth-order valence-electron chi connectivity index (χ4n) is 3.32. The first-order chi connectivity index (χ1) is 13.5. The third-order valence-electron chi connectivity index (χ3n) is 5.09. The zero-order valence-electron chi connectivity index (χ0n) is 17.2. The molecule has 154 valence electrons. The number of fused-ring (bicyclic) bond motifs is 1. The van der Waals surface area contributed by atoms with Crippen molar-refractivity contribution in [3.8, 4) is 0 Å². The number of carbonyl (C=O) groups excluding carboxylic acids is 1. The van der Waals surface area contributed by atoms with Crippen molar-refractivity contribution < 1.29 is 13.2 Å². The van der Waals surface area contributed by atoms with Crippen LogP contribution in [0.1, 0.15) is 40.9 Å². The molecular formula is C21H25N3O3S2. The number of aryl methyl sites for hydroxylation is 4. The van der Waals surface area contributed by atoms with Crippen molar-refractivity contribution >= 4 is 38.6 Å². The fraction of sp³-hybridized carbons (Fsp3) is 0.333. The maximum Gasteiger partial charge on any atom is 0.238 e. The largest absolute Gasteiger partial charge is 0.319 e. The van der Waals surface area contributed by atoms with Gasteiger partial charge < -0.3 is 4.57 Å². The summed E-state index contributed by atoms with van der Waals surface area (Å²) in [5, 5.41) is 5.57. The van der Waals surface area contributed by atoms with Gasteiger partial charge in [0, 0.05) is 12.1 Å². The number of imidazole rings is 1. The van der Waals surface area contributed by atoms with Crippen LogP contribution in [0.2, 0.25) is 0 Å². The second-order valence-corrected chi connectivity index (χ2v) is 10.1. The van der Waals surface area contributed by atoms with Gasteiger partial charge in [-0.15, -0.1) is 0 Å². The lowest BCUT2D eigenvalue weighted by Gasteiger charge is -2.14. The summed E-state index contributed by atoms with van der Waals surface area (Å²) in [6, 6.07) is 8.64. The quantitative estimate of drug-likeness (QED) is 0.470. The topological polar surface area (TPSA) is 95.0 Å². The number of rotatable bonds is 6. The van der Waals surface area contributed by atoms with Crippen LogP contribution in [0, 0.1) is 20.8 Å². The molecule has 0 aliphatic rings. The molecule has 1 unspecified atom stereocenters. The molecule has 0 saturated heterocycles. The molecule has 0 aliphatic heterocycles. The molecule has 3 rings (SSSR count). The summed E-state index contributed by atoms with van der Waals surface area (Å²) < 4.78 is 25.3. The van der Waals surface area contributed by atoms with Gasteiger partial charge in [0.25, 0.3) is 0 Å². The minimum absolute atomic E-state index is 0.0252. The van der Waals surface area contributed by atoms with Crippen molar-refractivity contribution in [2.75, 3.05) is 0 Å². The van der Waals surface area contributed by atoms with E-state index in [4.69, 9.17) is 5.14 Å². The number of nitrogens with two attached hydrogens (primary N) is 1. The molecule has 0 spiro atoms. The zero-order chi connectivity index (χ0) is 21.5. The smallest absolute Gasteiger partial charge is 0.238 e. The first-order valence-electron chi connectivity index (χ1n) is 9.34. The van der Waals surface area contributed by atoms with E-state index in [2.05, 4.69) is 4.98 Å². The van der Waals surface area contributed by atoms with E-state index in [1.165, 1.54) is 23.9 Å². The first kappa shape index (κ1) is 21.5. The standard InChI is InChI=1S/C21H25N3O3S2/c1-6-24-19-8-7-16(29(22,26)27)11-18(19)23-21(24)28-15(5)20(25)17-10-13(3)12(2)9-14(17)4/h7-11,15H,6H2,1-5H3,(H2,22,26,27). The Morgan fingerprint density at radius 2 is 1.79 bits per heavy atom. The number of primary sulfonamides is 1. The maximum absolute atomic E-state index is 13.1. The average Bonchev–Trinajstić information content (AvgIpc) is 2.99. The van der Waals surface area contributed by atoms with Crippen LogP contribution in [0.5, 0.6) is 0 Å². The Morgan fingerprint density at radius 3 is 2.41 bits per heavy atom. The molecule has 0 aliphatic carbocycles. The molecule has 0 fully saturated rings. The molecular weight excluding hydrogens is 406 g/mol. The summed E-state index contributed by atoms with van der Waals surface area (Å²) in [6.45, 7) is 10.5. The van der Waals surface area contributed by atoms with E-state index >= 15 is 0 Å². The van der Waals surface area contributed by atoms with Gasteiger partial charge in [0.1, 0.15) is 0 Å². The van der Waals surface area contributed by atoms with Gasteiger partial charge in [-0.25, -0.2) is 18.5 Å². The van der Waals surface area contributed by atoms with E-state index in [9.17, 15) is 13.2 Å². The van der Waals surface area contributed by atoms with E-state index in [1.54, 1.807) is 6.07 Å².